The number of nitrogens with zero attached hydrogens (tertiary/aromatic N) is 3. The number of nitrogens with one attached hydrogen (secondary N) is 2. The van der Waals surface area contributed by atoms with Crippen LogP contribution in [0.25, 0.3) is 10.9 Å². The Labute approximate surface area is 233 Å². The number of hydrogen-bond acceptors (Lipinski definition) is 4. The highest BCUT2D eigenvalue weighted by Crippen LogP contribution is 2.28. The second kappa shape index (κ2) is 11.4. The van der Waals surface area contributed by atoms with Crippen LogP contribution >= 0.6 is 0 Å². The van der Waals surface area contributed by atoms with Gasteiger partial charge in [-0.05, 0) is 86.4 Å². The summed E-state index contributed by atoms with van der Waals surface area (Å²) in [4.78, 5) is 37.0. The molecule has 40 heavy (non-hydrogen) atoms. The van der Waals surface area contributed by atoms with Crippen LogP contribution < -0.4 is 10.6 Å². The van der Waals surface area contributed by atoms with Crippen molar-refractivity contribution in [3.63, 3.8) is 0 Å². The number of carboxylic acid groups (broad SMARTS) is 1. The van der Waals surface area contributed by atoms with Gasteiger partial charge in [0, 0.05) is 47.5 Å². The molecule has 5 rings (SSSR count). The summed E-state index contributed by atoms with van der Waals surface area (Å²) in [5.41, 5.74) is 7.53. The molecule has 2 aromatic heterocycles. The number of anilines is 1. The van der Waals surface area contributed by atoms with Crippen LogP contribution in [0.5, 0.6) is 0 Å². The van der Waals surface area contributed by atoms with Crippen LogP contribution in [0.3, 0.4) is 0 Å². The maximum absolute atomic E-state index is 13.6. The fourth-order valence-corrected chi connectivity index (χ4v) is 5.59. The lowest BCUT2D eigenvalue weighted by Gasteiger charge is -2.19. The van der Waals surface area contributed by atoms with Crippen LogP contribution in [-0.2, 0) is 35.4 Å². The van der Waals surface area contributed by atoms with E-state index >= 15 is 0 Å². The molecular weight excluding hydrogens is 506 g/mol. The monoisotopic (exact) mass is 541 g/mol. The molecule has 3 N–H and O–H groups in total. The highest BCUT2D eigenvalue weighted by atomic mass is 16.4. The summed E-state index contributed by atoms with van der Waals surface area (Å²) in [7, 11) is 1.59. The molecule has 1 aliphatic rings. The van der Waals surface area contributed by atoms with Gasteiger partial charge in [-0.1, -0.05) is 18.2 Å². The van der Waals surface area contributed by atoms with E-state index in [1.807, 2.05) is 65.8 Å². The van der Waals surface area contributed by atoms with Crippen LogP contribution in [0, 0.1) is 6.92 Å². The largest absolute Gasteiger partial charge is 0.481 e. The summed E-state index contributed by atoms with van der Waals surface area (Å²) in [5.74, 6) is -1.22. The Balaban J connectivity index is 1.42. The molecule has 9 heteroatoms. The average molecular weight is 542 g/mol. The van der Waals surface area contributed by atoms with E-state index in [9.17, 15) is 14.4 Å². The van der Waals surface area contributed by atoms with E-state index in [4.69, 9.17) is 5.11 Å². The van der Waals surface area contributed by atoms with E-state index < -0.39 is 12.0 Å². The van der Waals surface area contributed by atoms with Gasteiger partial charge in [-0.3, -0.25) is 19.1 Å². The highest BCUT2D eigenvalue weighted by Gasteiger charge is 2.21. The quantitative estimate of drug-likeness (QED) is 0.270. The van der Waals surface area contributed by atoms with Gasteiger partial charge in [0.15, 0.2) is 0 Å². The van der Waals surface area contributed by atoms with Crippen molar-refractivity contribution >= 4 is 34.4 Å². The van der Waals surface area contributed by atoms with E-state index in [1.54, 1.807) is 13.1 Å². The predicted molar refractivity (Wildman–Crippen MR) is 154 cm³/mol. The number of carbonyl (C=O) groups is 3. The summed E-state index contributed by atoms with van der Waals surface area (Å²) in [6.07, 6.45) is 8.19. The lowest BCUT2D eigenvalue weighted by atomic mass is 10.0. The highest BCUT2D eigenvalue weighted by molar-refractivity contribution is 6.00. The molecule has 2 amide bonds. The van der Waals surface area contributed by atoms with E-state index in [2.05, 4.69) is 15.7 Å². The topological polar surface area (TPSA) is 118 Å². The maximum Gasteiger partial charge on any atom is 0.303 e. The van der Waals surface area contributed by atoms with Gasteiger partial charge < -0.3 is 20.3 Å². The van der Waals surface area contributed by atoms with Crippen molar-refractivity contribution < 1.29 is 19.5 Å². The zero-order valence-corrected chi connectivity index (χ0v) is 23.2. The van der Waals surface area contributed by atoms with Crippen LogP contribution in [-0.4, -0.2) is 44.3 Å². The third-order valence-corrected chi connectivity index (χ3v) is 7.82. The summed E-state index contributed by atoms with van der Waals surface area (Å²) >= 11 is 0. The third kappa shape index (κ3) is 5.50. The summed E-state index contributed by atoms with van der Waals surface area (Å²) in [5, 5.41) is 20.5. The number of carbonyl (C=O) groups excluding carboxylic acids is 2. The van der Waals surface area contributed by atoms with Crippen molar-refractivity contribution in [2.75, 3.05) is 12.4 Å². The number of carboxylic acids is 1. The van der Waals surface area contributed by atoms with Gasteiger partial charge in [0.2, 0.25) is 5.91 Å². The zero-order valence-electron chi connectivity index (χ0n) is 23.2. The van der Waals surface area contributed by atoms with Crippen LogP contribution in [0.4, 0.5) is 5.69 Å². The van der Waals surface area contributed by atoms with Crippen molar-refractivity contribution in [3.05, 3.63) is 82.3 Å². The Morgan fingerprint density at radius 3 is 2.73 bits per heavy atom. The Kier molecular flexibility index (Phi) is 7.73. The first-order valence-electron chi connectivity index (χ1n) is 13.8. The molecule has 1 aliphatic carbocycles. The number of fused-ring (bicyclic) bond motifs is 2. The first kappa shape index (κ1) is 27.2. The molecule has 0 fully saturated rings. The molecule has 4 aromatic rings. The molecular formula is C31H35N5O4. The zero-order chi connectivity index (χ0) is 28.4. The first-order chi connectivity index (χ1) is 19.2. The molecule has 1 unspecified atom stereocenters. The molecule has 0 spiro atoms. The van der Waals surface area contributed by atoms with Gasteiger partial charge in [-0.25, -0.2) is 0 Å². The van der Waals surface area contributed by atoms with E-state index in [0.717, 1.165) is 46.9 Å². The Bertz CT molecular complexity index is 1600. The van der Waals surface area contributed by atoms with Crippen molar-refractivity contribution in [1.29, 1.82) is 0 Å². The molecule has 0 saturated carbocycles. The second-order valence-electron chi connectivity index (χ2n) is 10.6. The predicted octanol–water partition coefficient (Wildman–Crippen LogP) is 4.65. The maximum atomic E-state index is 13.6. The van der Waals surface area contributed by atoms with Gasteiger partial charge in [-0.15, -0.1) is 0 Å². The number of hydrogen-bond donors (Lipinski definition) is 3. The van der Waals surface area contributed by atoms with Crippen molar-refractivity contribution in [1.82, 2.24) is 19.7 Å². The van der Waals surface area contributed by atoms with E-state index in [-0.39, 0.29) is 18.2 Å². The van der Waals surface area contributed by atoms with Gasteiger partial charge in [0.05, 0.1) is 12.7 Å². The van der Waals surface area contributed by atoms with Crippen molar-refractivity contribution in [2.45, 2.75) is 65.0 Å². The lowest BCUT2D eigenvalue weighted by Crippen LogP contribution is -2.24. The van der Waals surface area contributed by atoms with E-state index in [1.165, 1.54) is 11.3 Å². The minimum absolute atomic E-state index is 0.0628. The molecule has 1 atom stereocenters. The van der Waals surface area contributed by atoms with Crippen LogP contribution in [0.15, 0.2) is 48.8 Å². The molecule has 2 aromatic carbocycles. The lowest BCUT2D eigenvalue weighted by molar-refractivity contribution is -0.137. The molecule has 0 aliphatic heterocycles. The normalized spacial score (nSPS) is 13.3. The molecule has 2 heterocycles. The fourth-order valence-electron chi connectivity index (χ4n) is 5.59. The molecule has 0 bridgehead atoms. The molecule has 208 valence electrons. The SMILES string of the molecule is CNC(=O)c1ccc2c(C)cn(C(C)C(=O)Nc3cc(Cn4ncc5c4CCC5)ccc3CCCC(=O)O)c2c1. The van der Waals surface area contributed by atoms with Gasteiger partial charge >= 0.3 is 5.97 Å². The minimum Gasteiger partial charge on any atom is -0.481 e. The molecule has 0 radical (unpaired) electrons. The fraction of sp³-hybridized carbons (Fsp3) is 0.355. The van der Waals surface area contributed by atoms with Gasteiger partial charge in [-0.2, -0.15) is 5.10 Å². The van der Waals surface area contributed by atoms with Crippen LogP contribution in [0.1, 0.15) is 70.5 Å². The second-order valence-corrected chi connectivity index (χ2v) is 10.6. The third-order valence-electron chi connectivity index (χ3n) is 7.82. The average Bonchev–Trinajstić information content (AvgIpc) is 3.64. The minimum atomic E-state index is -0.839. The number of amides is 2. The number of rotatable bonds is 10. The number of benzene rings is 2. The standard InChI is InChI=1S/C31H35N5O4/c1-19-17-35(28-15-23(31(40)32-3)12-13-25(19)28)20(2)30(39)34-26-14-21(10-11-22(26)6-5-9-29(37)38)18-36-27-8-4-7-24(27)16-33-36/h10-17,20H,4-9,18H2,1-3H3,(H,32,40)(H,34,39)(H,37,38). The Hall–Kier alpha value is -4.40. The van der Waals surface area contributed by atoms with E-state index in [0.29, 0.717) is 30.6 Å². The van der Waals surface area contributed by atoms with Gasteiger partial charge in [0.25, 0.3) is 5.91 Å². The Morgan fingerprint density at radius 1 is 1.12 bits per heavy atom. The number of aliphatic carboxylic acids is 1. The summed E-state index contributed by atoms with van der Waals surface area (Å²) in [6, 6.07) is 10.9. The molecule has 9 nitrogen and oxygen atoms in total. The first-order valence-corrected chi connectivity index (χ1v) is 13.8. The molecule has 0 saturated heterocycles. The number of aromatic nitrogens is 3. The van der Waals surface area contributed by atoms with Crippen molar-refractivity contribution in [2.24, 2.45) is 0 Å². The van der Waals surface area contributed by atoms with Gasteiger partial charge in [0.1, 0.15) is 6.04 Å². The van der Waals surface area contributed by atoms with Crippen LogP contribution in [0.2, 0.25) is 0 Å². The smallest absolute Gasteiger partial charge is 0.303 e. The number of aryl methyl sites for hydroxylation is 3. The Morgan fingerprint density at radius 2 is 1.95 bits per heavy atom. The summed E-state index contributed by atoms with van der Waals surface area (Å²) < 4.78 is 3.93. The van der Waals surface area contributed by atoms with Crippen molar-refractivity contribution in [3.8, 4) is 0 Å². The summed E-state index contributed by atoms with van der Waals surface area (Å²) in [6.45, 7) is 4.42.